The van der Waals surface area contributed by atoms with E-state index < -0.39 is 6.10 Å². The Morgan fingerprint density at radius 2 is 2.14 bits per heavy atom. The van der Waals surface area contributed by atoms with Crippen molar-refractivity contribution >= 4 is 0 Å². The monoisotopic (exact) mass is 288 g/mol. The normalized spacial score (nSPS) is 19.1. The fourth-order valence-electron chi connectivity index (χ4n) is 2.43. The predicted molar refractivity (Wildman–Crippen MR) is 77.2 cm³/mol. The Hall–Kier alpha value is -1.88. The van der Waals surface area contributed by atoms with Crippen molar-refractivity contribution in [2.75, 3.05) is 6.61 Å². The first-order chi connectivity index (χ1) is 10.1. The van der Waals surface area contributed by atoms with E-state index in [9.17, 15) is 5.11 Å². The molecule has 1 aliphatic heterocycles. The van der Waals surface area contributed by atoms with Gasteiger partial charge in [-0.1, -0.05) is 37.2 Å². The van der Waals surface area contributed by atoms with Crippen molar-refractivity contribution in [3.8, 4) is 5.75 Å². The molecule has 1 aliphatic rings. The number of fused-ring (bicyclic) bond motifs is 1. The zero-order chi connectivity index (χ0) is 14.8. The quantitative estimate of drug-likeness (QED) is 0.935. The number of benzene rings is 1. The van der Waals surface area contributed by atoms with Gasteiger partial charge in [-0.3, -0.25) is 0 Å². The van der Waals surface area contributed by atoms with Crippen molar-refractivity contribution < 1.29 is 14.4 Å². The summed E-state index contributed by atoms with van der Waals surface area (Å²) in [4.78, 5) is 4.41. The minimum atomic E-state index is -0.457. The molecule has 112 valence electrons. The molecule has 0 saturated heterocycles. The first-order valence-electron chi connectivity index (χ1n) is 7.34. The van der Waals surface area contributed by atoms with Crippen molar-refractivity contribution in [2.45, 2.75) is 38.7 Å². The summed E-state index contributed by atoms with van der Waals surface area (Å²) in [5, 5.41) is 13.9. The van der Waals surface area contributed by atoms with Gasteiger partial charge in [0.2, 0.25) is 5.89 Å². The molecule has 5 heteroatoms. The van der Waals surface area contributed by atoms with Gasteiger partial charge in [-0.25, -0.2) is 0 Å². The molecule has 1 N–H and O–H groups in total. The Morgan fingerprint density at radius 1 is 1.33 bits per heavy atom. The SMILES string of the molecule is CC(C)C(O)Cc1nc(C2COc3ccccc3C2)no1. The Bertz CT molecular complexity index is 609. The topological polar surface area (TPSA) is 68.4 Å². The second-order valence-electron chi connectivity index (χ2n) is 5.88. The molecular formula is C16H20N2O3. The third-order valence-corrected chi connectivity index (χ3v) is 3.88. The first kappa shape index (κ1) is 14.1. The number of hydrogen-bond acceptors (Lipinski definition) is 5. The van der Waals surface area contributed by atoms with Gasteiger partial charge in [-0.15, -0.1) is 0 Å². The Labute approximate surface area is 123 Å². The third-order valence-electron chi connectivity index (χ3n) is 3.88. The zero-order valence-corrected chi connectivity index (χ0v) is 12.3. The summed E-state index contributed by atoms with van der Waals surface area (Å²) in [7, 11) is 0. The van der Waals surface area contributed by atoms with Crippen molar-refractivity contribution in [1.29, 1.82) is 0 Å². The second-order valence-corrected chi connectivity index (χ2v) is 5.88. The maximum Gasteiger partial charge on any atom is 0.229 e. The minimum Gasteiger partial charge on any atom is -0.493 e. The molecule has 1 aromatic carbocycles. The van der Waals surface area contributed by atoms with Crippen LogP contribution in [0.3, 0.4) is 0 Å². The van der Waals surface area contributed by atoms with Crippen LogP contribution >= 0.6 is 0 Å². The molecule has 5 nitrogen and oxygen atoms in total. The van der Waals surface area contributed by atoms with Crippen molar-refractivity contribution in [2.24, 2.45) is 5.92 Å². The van der Waals surface area contributed by atoms with E-state index >= 15 is 0 Å². The molecule has 0 saturated carbocycles. The van der Waals surface area contributed by atoms with Crippen LogP contribution in [-0.4, -0.2) is 28.0 Å². The van der Waals surface area contributed by atoms with Gasteiger partial charge in [0.1, 0.15) is 5.75 Å². The fraction of sp³-hybridized carbons (Fsp3) is 0.500. The van der Waals surface area contributed by atoms with Crippen LogP contribution < -0.4 is 4.74 Å². The van der Waals surface area contributed by atoms with E-state index in [1.807, 2.05) is 32.0 Å². The molecule has 2 heterocycles. The van der Waals surface area contributed by atoms with Gasteiger partial charge in [0.25, 0.3) is 0 Å². The number of aromatic nitrogens is 2. The van der Waals surface area contributed by atoms with Crippen LogP contribution in [0.15, 0.2) is 28.8 Å². The van der Waals surface area contributed by atoms with Crippen LogP contribution in [0.5, 0.6) is 5.75 Å². The van der Waals surface area contributed by atoms with Crippen LogP contribution in [0, 0.1) is 5.92 Å². The molecule has 0 radical (unpaired) electrons. The molecule has 21 heavy (non-hydrogen) atoms. The van der Waals surface area contributed by atoms with Crippen LogP contribution in [0.25, 0.3) is 0 Å². The Morgan fingerprint density at radius 3 is 2.95 bits per heavy atom. The zero-order valence-electron chi connectivity index (χ0n) is 12.3. The lowest BCUT2D eigenvalue weighted by atomic mass is 9.96. The fourth-order valence-corrected chi connectivity index (χ4v) is 2.43. The highest BCUT2D eigenvalue weighted by molar-refractivity contribution is 5.36. The molecule has 2 atom stereocenters. The summed E-state index contributed by atoms with van der Waals surface area (Å²) in [5.74, 6) is 2.37. The van der Waals surface area contributed by atoms with Gasteiger partial charge in [0, 0.05) is 0 Å². The number of aliphatic hydroxyl groups excluding tert-OH is 1. The Balaban J connectivity index is 1.70. The molecule has 0 fully saturated rings. The number of ether oxygens (including phenoxy) is 1. The van der Waals surface area contributed by atoms with E-state index in [4.69, 9.17) is 9.26 Å². The molecule has 3 rings (SSSR count). The van der Waals surface area contributed by atoms with Crippen molar-refractivity contribution in [3.05, 3.63) is 41.5 Å². The summed E-state index contributed by atoms with van der Waals surface area (Å²) in [6, 6.07) is 8.02. The van der Waals surface area contributed by atoms with Crippen LogP contribution in [0.4, 0.5) is 0 Å². The van der Waals surface area contributed by atoms with E-state index in [-0.39, 0.29) is 11.8 Å². The summed E-state index contributed by atoms with van der Waals surface area (Å²) >= 11 is 0. The molecule has 0 spiro atoms. The van der Waals surface area contributed by atoms with Gasteiger partial charge in [0.15, 0.2) is 5.82 Å². The van der Waals surface area contributed by atoms with Crippen molar-refractivity contribution in [3.63, 3.8) is 0 Å². The predicted octanol–water partition coefficient (Wildman–Crippen LogP) is 2.35. The lowest BCUT2D eigenvalue weighted by Crippen LogP contribution is -2.20. The number of hydrogen-bond donors (Lipinski definition) is 1. The van der Waals surface area contributed by atoms with E-state index in [0.29, 0.717) is 24.7 Å². The average Bonchev–Trinajstić information content (AvgIpc) is 2.95. The van der Waals surface area contributed by atoms with Crippen LogP contribution in [0.1, 0.15) is 37.0 Å². The van der Waals surface area contributed by atoms with Gasteiger partial charge < -0.3 is 14.4 Å². The molecule has 1 aromatic heterocycles. The maximum atomic E-state index is 9.88. The molecule has 0 aliphatic carbocycles. The van der Waals surface area contributed by atoms with Crippen LogP contribution in [-0.2, 0) is 12.8 Å². The lowest BCUT2D eigenvalue weighted by Gasteiger charge is -2.22. The highest BCUT2D eigenvalue weighted by Gasteiger charge is 2.26. The van der Waals surface area contributed by atoms with Crippen LogP contribution in [0.2, 0.25) is 0 Å². The first-order valence-corrected chi connectivity index (χ1v) is 7.34. The lowest BCUT2D eigenvalue weighted by molar-refractivity contribution is 0.116. The maximum absolute atomic E-state index is 9.88. The highest BCUT2D eigenvalue weighted by Crippen LogP contribution is 2.31. The molecule has 0 amide bonds. The molecule has 2 aromatic rings. The highest BCUT2D eigenvalue weighted by atomic mass is 16.5. The summed E-state index contributed by atoms with van der Waals surface area (Å²) in [6.07, 6.45) is 0.790. The van der Waals surface area contributed by atoms with Crippen molar-refractivity contribution in [1.82, 2.24) is 10.1 Å². The number of aliphatic hydroxyl groups is 1. The van der Waals surface area contributed by atoms with E-state index in [1.54, 1.807) is 0 Å². The summed E-state index contributed by atoms with van der Waals surface area (Å²) < 4.78 is 11.0. The van der Waals surface area contributed by atoms with E-state index in [0.717, 1.165) is 12.2 Å². The minimum absolute atomic E-state index is 0.105. The largest absolute Gasteiger partial charge is 0.493 e. The number of para-hydroxylation sites is 1. The number of nitrogens with zero attached hydrogens (tertiary/aromatic N) is 2. The van der Waals surface area contributed by atoms with E-state index in [2.05, 4.69) is 16.2 Å². The smallest absolute Gasteiger partial charge is 0.229 e. The molecular weight excluding hydrogens is 268 g/mol. The van der Waals surface area contributed by atoms with Gasteiger partial charge in [0.05, 0.1) is 25.0 Å². The molecule has 2 unspecified atom stereocenters. The third kappa shape index (κ3) is 3.08. The summed E-state index contributed by atoms with van der Waals surface area (Å²) in [5.41, 5.74) is 1.17. The van der Waals surface area contributed by atoms with Gasteiger partial charge >= 0.3 is 0 Å². The standard InChI is InChI=1S/C16H20N2O3/c1-10(2)13(19)8-15-17-16(18-21-15)12-7-11-5-3-4-6-14(11)20-9-12/h3-6,10,12-13,19H,7-9H2,1-2H3. The van der Waals surface area contributed by atoms with Gasteiger partial charge in [-0.05, 0) is 24.0 Å². The van der Waals surface area contributed by atoms with E-state index in [1.165, 1.54) is 5.56 Å². The van der Waals surface area contributed by atoms with Gasteiger partial charge in [-0.2, -0.15) is 4.98 Å². The second kappa shape index (κ2) is 5.85. The summed E-state index contributed by atoms with van der Waals surface area (Å²) in [6.45, 7) is 4.49. The molecule has 0 bridgehead atoms. The Kier molecular flexibility index (Phi) is 3.92. The number of rotatable bonds is 4. The average molecular weight is 288 g/mol.